The van der Waals surface area contributed by atoms with E-state index in [2.05, 4.69) is 4.90 Å². The molecule has 1 amide bonds. The first-order valence-electron chi connectivity index (χ1n) is 11.4. The smallest absolute Gasteiger partial charge is 0.336 e. The molecule has 196 valence electrons. The van der Waals surface area contributed by atoms with Gasteiger partial charge in [0.05, 0.1) is 26.4 Å². The zero-order chi connectivity index (χ0) is 26.6. The van der Waals surface area contributed by atoms with Gasteiger partial charge < -0.3 is 35.0 Å². The highest BCUT2D eigenvalue weighted by Crippen LogP contribution is 2.21. The number of ether oxygens (including phenoxy) is 1. The van der Waals surface area contributed by atoms with Gasteiger partial charge in [-0.15, -0.1) is 0 Å². The highest BCUT2D eigenvalue weighted by molar-refractivity contribution is 5.88. The fourth-order valence-electron chi connectivity index (χ4n) is 3.66. The van der Waals surface area contributed by atoms with Gasteiger partial charge in [0.15, 0.2) is 5.60 Å². The van der Waals surface area contributed by atoms with Crippen LogP contribution in [0.2, 0.25) is 0 Å². The Labute approximate surface area is 204 Å². The fourth-order valence-corrected chi connectivity index (χ4v) is 3.66. The highest BCUT2D eigenvalue weighted by atomic mass is 16.5. The van der Waals surface area contributed by atoms with E-state index >= 15 is 0 Å². The van der Waals surface area contributed by atoms with Crippen LogP contribution >= 0.6 is 0 Å². The van der Waals surface area contributed by atoms with Crippen molar-refractivity contribution in [3.8, 4) is 5.75 Å². The number of likely N-dealkylation sites (tertiary alicyclic amines) is 1. The number of aliphatic hydroxyl groups is 1. The summed E-state index contributed by atoms with van der Waals surface area (Å²) in [5, 5.41) is 33.8. The van der Waals surface area contributed by atoms with Gasteiger partial charge in [-0.05, 0) is 38.9 Å². The summed E-state index contributed by atoms with van der Waals surface area (Å²) in [6.45, 7) is 6.16. The number of carbonyl (C=O) groups is 4. The number of benzene rings is 1. The molecule has 35 heavy (non-hydrogen) atoms. The van der Waals surface area contributed by atoms with E-state index in [1.54, 1.807) is 7.11 Å². The Kier molecular flexibility index (Phi) is 12.2. The van der Waals surface area contributed by atoms with Crippen molar-refractivity contribution in [1.29, 1.82) is 0 Å². The molecule has 0 atom stereocenters. The number of carboxylic acids is 3. The maximum Gasteiger partial charge on any atom is 0.336 e. The molecular formula is C24H36N2O9. The molecule has 1 aromatic carbocycles. The maximum atomic E-state index is 12.4. The number of hydrogen-bond donors (Lipinski definition) is 4. The van der Waals surface area contributed by atoms with E-state index in [-0.39, 0.29) is 5.91 Å². The predicted octanol–water partition coefficient (Wildman–Crippen LogP) is 1.24. The van der Waals surface area contributed by atoms with E-state index in [4.69, 9.17) is 25.2 Å². The van der Waals surface area contributed by atoms with E-state index in [0.717, 1.165) is 30.0 Å². The predicted molar refractivity (Wildman–Crippen MR) is 126 cm³/mol. The summed E-state index contributed by atoms with van der Waals surface area (Å²) in [4.78, 5) is 47.2. The molecule has 1 aliphatic heterocycles. The lowest BCUT2D eigenvalue weighted by molar-refractivity contribution is -0.170. The summed E-state index contributed by atoms with van der Waals surface area (Å²) < 4.78 is 5.36. The molecule has 0 spiro atoms. The Hall–Kier alpha value is -3.18. The second-order valence-electron chi connectivity index (χ2n) is 8.69. The van der Waals surface area contributed by atoms with Crippen molar-refractivity contribution in [1.82, 2.24) is 9.80 Å². The second-order valence-corrected chi connectivity index (χ2v) is 8.69. The van der Waals surface area contributed by atoms with E-state index in [0.29, 0.717) is 6.42 Å². The van der Waals surface area contributed by atoms with Crippen LogP contribution in [-0.4, -0.2) is 100.0 Å². The monoisotopic (exact) mass is 496 g/mol. The number of nitrogens with zero attached hydrogens (tertiary/aromatic N) is 2. The minimum atomic E-state index is -2.74. The number of carboxylic acid groups (broad SMARTS) is 3. The van der Waals surface area contributed by atoms with Crippen LogP contribution in [0.25, 0.3) is 0 Å². The molecular weight excluding hydrogens is 460 g/mol. The Morgan fingerprint density at radius 3 is 2.09 bits per heavy atom. The number of likely N-dealkylation sites (N-methyl/N-ethyl adjacent to an activating group) is 1. The molecule has 1 fully saturated rings. The molecule has 0 saturated carbocycles. The lowest BCUT2D eigenvalue weighted by Gasteiger charge is -2.28. The van der Waals surface area contributed by atoms with Crippen LogP contribution in [0.1, 0.15) is 43.2 Å². The molecule has 0 unspecified atom stereocenters. The van der Waals surface area contributed by atoms with Gasteiger partial charge in [0.2, 0.25) is 5.91 Å². The van der Waals surface area contributed by atoms with Gasteiger partial charge in [0.25, 0.3) is 0 Å². The minimum Gasteiger partial charge on any atom is -0.496 e. The summed E-state index contributed by atoms with van der Waals surface area (Å²) in [7, 11) is 3.55. The summed E-state index contributed by atoms with van der Waals surface area (Å²) in [6, 6.07) is 5.98. The number of hydrogen-bond acceptors (Lipinski definition) is 7. The lowest BCUT2D eigenvalue weighted by Crippen LogP contribution is -2.42. The molecule has 1 aliphatic rings. The van der Waals surface area contributed by atoms with Gasteiger partial charge in [0, 0.05) is 25.7 Å². The van der Waals surface area contributed by atoms with Gasteiger partial charge in [-0.25, -0.2) is 4.79 Å². The molecule has 2 rings (SSSR count). The molecule has 0 radical (unpaired) electrons. The lowest BCUT2D eigenvalue weighted by atomic mass is 9.96. The Balaban J connectivity index is 0.000000405. The van der Waals surface area contributed by atoms with Crippen molar-refractivity contribution in [2.24, 2.45) is 0 Å². The molecule has 1 aromatic rings. The maximum absolute atomic E-state index is 12.4. The van der Waals surface area contributed by atoms with Crippen molar-refractivity contribution in [3.63, 3.8) is 0 Å². The number of carbonyl (C=O) groups excluding carboxylic acids is 1. The summed E-state index contributed by atoms with van der Waals surface area (Å²) >= 11 is 0. The number of amides is 1. The van der Waals surface area contributed by atoms with Gasteiger partial charge in [0.1, 0.15) is 5.75 Å². The van der Waals surface area contributed by atoms with Crippen LogP contribution < -0.4 is 4.74 Å². The van der Waals surface area contributed by atoms with E-state index in [1.165, 1.54) is 32.4 Å². The number of methoxy groups -OCH3 is 1. The summed E-state index contributed by atoms with van der Waals surface area (Å²) in [5.74, 6) is -4.07. The minimum absolute atomic E-state index is 0.154. The molecule has 11 heteroatoms. The number of aliphatic carboxylic acids is 3. The summed E-state index contributed by atoms with van der Waals surface area (Å²) in [5.41, 5.74) is -0.616. The van der Waals surface area contributed by atoms with Crippen LogP contribution in [0.15, 0.2) is 18.2 Å². The molecule has 4 N–H and O–H groups in total. The van der Waals surface area contributed by atoms with Crippen LogP contribution in [0.5, 0.6) is 5.75 Å². The Morgan fingerprint density at radius 2 is 1.60 bits per heavy atom. The van der Waals surface area contributed by atoms with E-state index in [9.17, 15) is 19.2 Å². The van der Waals surface area contributed by atoms with Crippen molar-refractivity contribution >= 4 is 23.8 Å². The van der Waals surface area contributed by atoms with E-state index < -0.39 is 36.4 Å². The zero-order valence-electron chi connectivity index (χ0n) is 20.5. The highest BCUT2D eigenvalue weighted by Gasteiger charge is 2.40. The summed E-state index contributed by atoms with van der Waals surface area (Å²) in [6.07, 6.45) is 2.04. The normalized spacial score (nSPS) is 13.8. The van der Waals surface area contributed by atoms with Crippen molar-refractivity contribution < 1.29 is 44.3 Å². The Morgan fingerprint density at radius 1 is 1.03 bits per heavy atom. The van der Waals surface area contributed by atoms with Crippen molar-refractivity contribution in [2.75, 3.05) is 40.3 Å². The largest absolute Gasteiger partial charge is 0.496 e. The Bertz CT molecular complexity index is 866. The van der Waals surface area contributed by atoms with Gasteiger partial charge >= 0.3 is 17.9 Å². The third-order valence-corrected chi connectivity index (χ3v) is 5.69. The number of rotatable bonds is 11. The van der Waals surface area contributed by atoms with Crippen molar-refractivity contribution in [2.45, 2.75) is 51.0 Å². The van der Waals surface area contributed by atoms with Crippen LogP contribution in [0.4, 0.5) is 0 Å². The molecule has 0 aromatic heterocycles. The van der Waals surface area contributed by atoms with Crippen LogP contribution in [0.3, 0.4) is 0 Å². The van der Waals surface area contributed by atoms with Crippen LogP contribution in [0, 0.1) is 6.92 Å². The standard InChI is InChI=1S/C18H28N2O2.C6H8O7/c1-15-7-8-17(22-3)16(13-15)14-18(21)19(2)11-12-20-9-5-4-6-10-20;7-3(8)1-6(13,5(11)12)2-4(9)10/h7-8,13H,4-6,9-12,14H2,1-3H3;13H,1-2H2,(H,7,8)(H,9,10)(H,11,12). The molecule has 0 bridgehead atoms. The number of aryl methyl sites for hydroxylation is 1. The van der Waals surface area contributed by atoms with Gasteiger partial charge in [-0.2, -0.15) is 0 Å². The quantitative estimate of drug-likeness (QED) is 0.350. The van der Waals surface area contributed by atoms with E-state index in [1.807, 2.05) is 37.1 Å². The second kappa shape index (κ2) is 14.3. The molecule has 0 aliphatic carbocycles. The number of piperidine rings is 1. The SMILES string of the molecule is COc1ccc(C)cc1CC(=O)N(C)CCN1CCCCC1.O=C(O)CC(O)(CC(=O)O)C(=O)O. The molecule has 1 saturated heterocycles. The van der Waals surface area contributed by atoms with Gasteiger partial charge in [-0.1, -0.05) is 24.1 Å². The first-order chi connectivity index (χ1) is 16.4. The fraction of sp³-hybridized carbons (Fsp3) is 0.583. The van der Waals surface area contributed by atoms with Crippen molar-refractivity contribution in [3.05, 3.63) is 29.3 Å². The molecule has 1 heterocycles. The first kappa shape index (κ1) is 29.9. The molecule has 11 nitrogen and oxygen atoms in total. The first-order valence-corrected chi connectivity index (χ1v) is 11.4. The third kappa shape index (κ3) is 10.7. The van der Waals surface area contributed by atoms with Gasteiger partial charge in [-0.3, -0.25) is 14.4 Å². The average Bonchev–Trinajstić information content (AvgIpc) is 2.77. The third-order valence-electron chi connectivity index (χ3n) is 5.69. The average molecular weight is 497 g/mol. The zero-order valence-corrected chi connectivity index (χ0v) is 20.5. The topological polar surface area (TPSA) is 165 Å². The van der Waals surface area contributed by atoms with Crippen LogP contribution in [-0.2, 0) is 25.6 Å².